The van der Waals surface area contributed by atoms with Gasteiger partial charge in [-0.1, -0.05) is 93.1 Å². The van der Waals surface area contributed by atoms with E-state index in [1.165, 1.54) is 54.4 Å². The number of fused-ring (bicyclic) bond motifs is 5. The molecule has 37 heavy (non-hydrogen) atoms. The largest absolute Gasteiger partial charge is 0.295 e. The van der Waals surface area contributed by atoms with Gasteiger partial charge in [-0.3, -0.25) is 4.79 Å². The molecule has 0 amide bonds. The third kappa shape index (κ3) is 4.27. The average molecular weight is 493 g/mol. The molecule has 0 spiro atoms. The molecule has 194 valence electrons. The zero-order valence-corrected chi connectivity index (χ0v) is 23.1. The fraction of sp³-hybridized carbons (Fsp3) is 0.528. The van der Waals surface area contributed by atoms with Crippen LogP contribution in [-0.4, -0.2) is 5.78 Å². The van der Waals surface area contributed by atoms with Crippen LogP contribution in [0, 0.1) is 40.4 Å². The highest BCUT2D eigenvalue weighted by atomic mass is 16.1. The van der Waals surface area contributed by atoms with Crippen molar-refractivity contribution in [2.24, 2.45) is 40.4 Å². The SMILES string of the molecule is C[C@H](CC=C(c1ccccc1)c1ccccc1)[C@@H]1CC[C@@H]2[C@@H]3CCC4=CC(=O)CC[C@]4(C)[C@@H]3CC[C@@]21C. The molecule has 0 aromatic heterocycles. The molecule has 1 nitrogen and oxygen atoms in total. The Kier molecular flexibility index (Phi) is 6.54. The zero-order chi connectivity index (χ0) is 25.6. The monoisotopic (exact) mass is 492 g/mol. The second-order valence-electron chi connectivity index (χ2n) is 13.3. The highest BCUT2D eigenvalue weighted by molar-refractivity contribution is 5.91. The quantitative estimate of drug-likeness (QED) is 0.406. The minimum Gasteiger partial charge on any atom is -0.295 e. The molecule has 2 aromatic carbocycles. The minimum atomic E-state index is 0.283. The maximum absolute atomic E-state index is 12.2. The fourth-order valence-electron chi connectivity index (χ4n) is 9.64. The molecule has 6 rings (SSSR count). The van der Waals surface area contributed by atoms with Crippen LogP contribution in [0.3, 0.4) is 0 Å². The Morgan fingerprint density at radius 2 is 1.54 bits per heavy atom. The van der Waals surface area contributed by atoms with E-state index in [1.807, 2.05) is 0 Å². The molecule has 3 saturated carbocycles. The summed E-state index contributed by atoms with van der Waals surface area (Å²) in [6.45, 7) is 7.71. The second-order valence-corrected chi connectivity index (χ2v) is 13.3. The van der Waals surface area contributed by atoms with Crippen molar-refractivity contribution in [3.05, 3.63) is 89.5 Å². The molecule has 0 saturated heterocycles. The Hall–Kier alpha value is -2.41. The van der Waals surface area contributed by atoms with Crippen molar-refractivity contribution in [3.63, 3.8) is 0 Å². The van der Waals surface area contributed by atoms with E-state index in [9.17, 15) is 4.79 Å². The molecule has 0 aliphatic heterocycles. The summed E-state index contributed by atoms with van der Waals surface area (Å²) < 4.78 is 0. The van der Waals surface area contributed by atoms with Crippen molar-refractivity contribution >= 4 is 11.4 Å². The number of carbonyl (C=O) groups excluding carboxylic acids is 1. The van der Waals surface area contributed by atoms with Gasteiger partial charge < -0.3 is 0 Å². The van der Waals surface area contributed by atoms with Crippen LogP contribution in [0.1, 0.15) is 89.7 Å². The Balaban J connectivity index is 1.22. The van der Waals surface area contributed by atoms with Gasteiger partial charge in [-0.2, -0.15) is 0 Å². The van der Waals surface area contributed by atoms with Crippen LogP contribution in [0.4, 0.5) is 0 Å². The van der Waals surface area contributed by atoms with Crippen molar-refractivity contribution in [1.82, 2.24) is 0 Å². The molecule has 3 fully saturated rings. The van der Waals surface area contributed by atoms with Gasteiger partial charge in [-0.05, 0) is 115 Å². The van der Waals surface area contributed by atoms with Crippen molar-refractivity contribution in [3.8, 4) is 0 Å². The standard InChI is InChI=1S/C36H44O/c1-25(14-16-30(26-10-6-4-7-11-26)27-12-8-5-9-13-27)32-18-19-33-31-17-15-28-24-29(37)20-22-35(28,2)34(31)21-23-36(32,33)3/h4-13,16,24-25,31-34H,14-15,17-23H2,1-3H3/t25-,31+,32+,33-,34-,35+,36-/m1/s1. The van der Waals surface area contributed by atoms with Crippen LogP contribution < -0.4 is 0 Å². The number of allylic oxidation sites excluding steroid dienone is 2. The van der Waals surface area contributed by atoms with E-state index in [1.54, 1.807) is 0 Å². The smallest absolute Gasteiger partial charge is 0.155 e. The van der Waals surface area contributed by atoms with E-state index in [-0.39, 0.29) is 5.41 Å². The Morgan fingerprint density at radius 1 is 0.865 bits per heavy atom. The van der Waals surface area contributed by atoms with Crippen molar-refractivity contribution < 1.29 is 4.79 Å². The van der Waals surface area contributed by atoms with Gasteiger partial charge >= 0.3 is 0 Å². The van der Waals surface area contributed by atoms with E-state index in [0.29, 0.717) is 17.1 Å². The maximum Gasteiger partial charge on any atom is 0.155 e. The normalized spacial score (nSPS) is 35.5. The van der Waals surface area contributed by atoms with E-state index in [2.05, 4.69) is 93.6 Å². The minimum absolute atomic E-state index is 0.283. The molecule has 0 unspecified atom stereocenters. The first-order valence-electron chi connectivity index (χ1n) is 14.9. The number of ketones is 1. The predicted octanol–water partition coefficient (Wildman–Crippen LogP) is 9.29. The first-order valence-corrected chi connectivity index (χ1v) is 14.9. The summed E-state index contributed by atoms with van der Waals surface area (Å²) in [5.74, 6) is 4.37. The summed E-state index contributed by atoms with van der Waals surface area (Å²) in [6.07, 6.45) is 15.6. The molecule has 0 N–H and O–H groups in total. The van der Waals surface area contributed by atoms with E-state index in [0.717, 1.165) is 49.4 Å². The van der Waals surface area contributed by atoms with Gasteiger partial charge in [0.25, 0.3) is 0 Å². The van der Waals surface area contributed by atoms with Gasteiger partial charge in [0, 0.05) is 6.42 Å². The Labute approximate surface area is 224 Å². The summed E-state index contributed by atoms with van der Waals surface area (Å²) in [5.41, 5.74) is 6.27. The van der Waals surface area contributed by atoms with Crippen molar-refractivity contribution in [2.75, 3.05) is 0 Å². The van der Waals surface area contributed by atoms with Gasteiger partial charge in [0.1, 0.15) is 0 Å². The molecule has 2 aromatic rings. The molecule has 0 radical (unpaired) electrons. The van der Waals surface area contributed by atoms with Crippen LogP contribution in [0.2, 0.25) is 0 Å². The third-order valence-electron chi connectivity index (χ3n) is 11.6. The lowest BCUT2D eigenvalue weighted by atomic mass is 9.46. The second kappa shape index (κ2) is 9.72. The van der Waals surface area contributed by atoms with Crippen LogP contribution in [0.25, 0.3) is 5.57 Å². The molecule has 0 bridgehead atoms. The molecular weight excluding hydrogens is 448 g/mol. The van der Waals surface area contributed by atoms with Crippen LogP contribution in [0.5, 0.6) is 0 Å². The summed E-state index contributed by atoms with van der Waals surface area (Å²) in [5, 5.41) is 0. The molecule has 1 heteroatoms. The third-order valence-corrected chi connectivity index (χ3v) is 11.6. The molecule has 7 atom stereocenters. The van der Waals surface area contributed by atoms with Gasteiger partial charge in [0.2, 0.25) is 0 Å². The summed E-state index contributed by atoms with van der Waals surface area (Å²) >= 11 is 0. The summed E-state index contributed by atoms with van der Waals surface area (Å²) in [4.78, 5) is 12.2. The predicted molar refractivity (Wildman–Crippen MR) is 154 cm³/mol. The molecule has 4 aliphatic rings. The van der Waals surface area contributed by atoms with Gasteiger partial charge in [0.15, 0.2) is 5.78 Å². The lowest BCUT2D eigenvalue weighted by Gasteiger charge is -2.58. The molecule has 0 heterocycles. The zero-order valence-electron chi connectivity index (χ0n) is 23.1. The highest BCUT2D eigenvalue weighted by Crippen LogP contribution is 2.67. The van der Waals surface area contributed by atoms with Gasteiger partial charge in [-0.25, -0.2) is 0 Å². The maximum atomic E-state index is 12.2. The van der Waals surface area contributed by atoms with E-state index >= 15 is 0 Å². The highest BCUT2D eigenvalue weighted by Gasteiger charge is 2.59. The number of hydrogen-bond acceptors (Lipinski definition) is 1. The van der Waals surface area contributed by atoms with E-state index in [4.69, 9.17) is 0 Å². The Bertz CT molecular complexity index is 1150. The fourth-order valence-corrected chi connectivity index (χ4v) is 9.64. The van der Waals surface area contributed by atoms with E-state index < -0.39 is 0 Å². The van der Waals surface area contributed by atoms with Gasteiger partial charge in [0.05, 0.1) is 0 Å². The number of benzene rings is 2. The number of carbonyl (C=O) groups is 1. The van der Waals surface area contributed by atoms with Crippen molar-refractivity contribution in [2.45, 2.75) is 78.6 Å². The Morgan fingerprint density at radius 3 is 2.22 bits per heavy atom. The average Bonchev–Trinajstić information content (AvgIpc) is 3.28. The summed E-state index contributed by atoms with van der Waals surface area (Å²) in [7, 11) is 0. The topological polar surface area (TPSA) is 17.1 Å². The molecule has 4 aliphatic carbocycles. The summed E-state index contributed by atoms with van der Waals surface area (Å²) in [6, 6.07) is 21.9. The van der Waals surface area contributed by atoms with Gasteiger partial charge in [-0.15, -0.1) is 0 Å². The lowest BCUT2D eigenvalue weighted by molar-refractivity contribution is -0.117. The first kappa shape index (κ1) is 24.9. The van der Waals surface area contributed by atoms with Crippen LogP contribution in [-0.2, 0) is 4.79 Å². The molecular formula is C36H44O. The lowest BCUT2D eigenvalue weighted by Crippen LogP contribution is -2.50. The first-order chi connectivity index (χ1) is 17.9. The van der Waals surface area contributed by atoms with Crippen LogP contribution >= 0.6 is 0 Å². The van der Waals surface area contributed by atoms with Crippen LogP contribution in [0.15, 0.2) is 78.4 Å². The number of rotatable bonds is 5. The number of hydrogen-bond donors (Lipinski definition) is 0. The van der Waals surface area contributed by atoms with Crippen molar-refractivity contribution in [1.29, 1.82) is 0 Å².